The number of nitrogens with zero attached hydrogens (tertiary/aromatic N) is 2. The molecule has 0 aliphatic rings. The average molecular weight is 144 g/mol. The molecule has 0 aliphatic carbocycles. The van der Waals surface area contributed by atoms with E-state index in [1.165, 1.54) is 6.08 Å². The zero-order valence-corrected chi connectivity index (χ0v) is 6.28. The first-order valence-corrected chi connectivity index (χ1v) is 3.32. The number of aryl methyl sites for hydroxylation is 1. The Morgan fingerprint density at radius 3 is 3.09 bits per heavy atom. The van der Waals surface area contributed by atoms with Crippen LogP contribution in [0.3, 0.4) is 0 Å². The smallest absolute Gasteiger partial charge is 0.0912 e. The number of aromatic nitrogens is 1. The summed E-state index contributed by atoms with van der Waals surface area (Å²) in [5.41, 5.74) is 1.94. The van der Waals surface area contributed by atoms with Gasteiger partial charge in [0.1, 0.15) is 0 Å². The van der Waals surface area contributed by atoms with Gasteiger partial charge in [-0.2, -0.15) is 5.26 Å². The second-order valence-corrected chi connectivity index (χ2v) is 2.14. The number of allylic oxidation sites excluding steroid dienone is 1. The molecule has 0 aromatic carbocycles. The van der Waals surface area contributed by atoms with Gasteiger partial charge in [-0.15, -0.1) is 0 Å². The zero-order chi connectivity index (χ0) is 8.10. The monoisotopic (exact) mass is 144 g/mol. The Labute approximate surface area is 65.8 Å². The van der Waals surface area contributed by atoms with Gasteiger partial charge in [0, 0.05) is 18.0 Å². The number of hydrogen-bond acceptors (Lipinski definition) is 2. The SMILES string of the molecule is Cc1ncccc1C=CC#N. The Hall–Kier alpha value is -1.62. The van der Waals surface area contributed by atoms with Crippen LogP contribution in [-0.2, 0) is 0 Å². The highest BCUT2D eigenvalue weighted by atomic mass is 14.7. The third-order valence-corrected chi connectivity index (χ3v) is 1.39. The van der Waals surface area contributed by atoms with E-state index in [1.807, 2.05) is 25.1 Å². The average Bonchev–Trinajstić information content (AvgIpc) is 2.03. The predicted molar refractivity (Wildman–Crippen MR) is 43.6 cm³/mol. The molecule has 1 rings (SSSR count). The van der Waals surface area contributed by atoms with E-state index in [-0.39, 0.29) is 0 Å². The third-order valence-electron chi connectivity index (χ3n) is 1.39. The second-order valence-electron chi connectivity index (χ2n) is 2.14. The van der Waals surface area contributed by atoms with Gasteiger partial charge in [-0.1, -0.05) is 6.07 Å². The molecule has 0 saturated carbocycles. The van der Waals surface area contributed by atoms with Gasteiger partial charge >= 0.3 is 0 Å². The summed E-state index contributed by atoms with van der Waals surface area (Å²) in [5, 5.41) is 8.26. The third kappa shape index (κ3) is 1.91. The van der Waals surface area contributed by atoms with Crippen LogP contribution in [-0.4, -0.2) is 4.98 Å². The molecule has 1 aromatic rings. The number of hydrogen-bond donors (Lipinski definition) is 0. The summed E-state index contributed by atoms with van der Waals surface area (Å²) in [7, 11) is 0. The van der Waals surface area contributed by atoms with Crippen LogP contribution in [0.15, 0.2) is 24.4 Å². The van der Waals surface area contributed by atoms with Crippen molar-refractivity contribution in [3.05, 3.63) is 35.7 Å². The lowest BCUT2D eigenvalue weighted by molar-refractivity contribution is 1.19. The van der Waals surface area contributed by atoms with Crippen molar-refractivity contribution < 1.29 is 0 Å². The van der Waals surface area contributed by atoms with Gasteiger partial charge in [0.15, 0.2) is 0 Å². The van der Waals surface area contributed by atoms with E-state index < -0.39 is 0 Å². The fourth-order valence-corrected chi connectivity index (χ4v) is 0.800. The summed E-state index contributed by atoms with van der Waals surface area (Å²) in [6, 6.07) is 5.71. The topological polar surface area (TPSA) is 36.7 Å². The molecule has 2 nitrogen and oxygen atoms in total. The van der Waals surface area contributed by atoms with Gasteiger partial charge in [-0.05, 0) is 24.6 Å². The maximum Gasteiger partial charge on any atom is 0.0912 e. The molecule has 0 amide bonds. The van der Waals surface area contributed by atoms with Crippen LogP contribution >= 0.6 is 0 Å². The highest BCUT2D eigenvalue weighted by Gasteiger charge is 1.90. The summed E-state index contributed by atoms with van der Waals surface area (Å²) in [6.07, 6.45) is 4.94. The van der Waals surface area contributed by atoms with E-state index in [0.717, 1.165) is 11.3 Å². The summed E-state index contributed by atoms with van der Waals surface area (Å²) in [5.74, 6) is 0. The van der Waals surface area contributed by atoms with Crippen molar-refractivity contribution in [2.24, 2.45) is 0 Å². The first-order chi connectivity index (χ1) is 5.34. The number of rotatable bonds is 1. The van der Waals surface area contributed by atoms with Crippen molar-refractivity contribution in [2.75, 3.05) is 0 Å². The Kier molecular flexibility index (Phi) is 2.40. The minimum atomic E-state index is 0.944. The van der Waals surface area contributed by atoms with Crippen LogP contribution in [0.1, 0.15) is 11.3 Å². The maximum atomic E-state index is 8.26. The van der Waals surface area contributed by atoms with Gasteiger partial charge < -0.3 is 0 Å². The van der Waals surface area contributed by atoms with Crippen LogP contribution in [0.4, 0.5) is 0 Å². The molecule has 0 unspecified atom stereocenters. The largest absolute Gasteiger partial charge is 0.261 e. The number of pyridine rings is 1. The van der Waals surface area contributed by atoms with Crippen molar-refractivity contribution in [1.29, 1.82) is 5.26 Å². The first-order valence-electron chi connectivity index (χ1n) is 3.32. The molecule has 1 aromatic heterocycles. The molecule has 0 saturated heterocycles. The molecule has 0 spiro atoms. The molecule has 0 fully saturated rings. The molecule has 11 heavy (non-hydrogen) atoms. The molecule has 0 atom stereocenters. The summed E-state index contributed by atoms with van der Waals surface area (Å²) < 4.78 is 0. The second kappa shape index (κ2) is 3.52. The Morgan fingerprint density at radius 2 is 2.45 bits per heavy atom. The fraction of sp³-hybridized carbons (Fsp3) is 0.111. The van der Waals surface area contributed by atoms with E-state index >= 15 is 0 Å². The molecule has 0 radical (unpaired) electrons. The van der Waals surface area contributed by atoms with Crippen molar-refractivity contribution in [3.8, 4) is 6.07 Å². The lowest BCUT2D eigenvalue weighted by Gasteiger charge is -1.94. The van der Waals surface area contributed by atoms with E-state index in [1.54, 1.807) is 12.3 Å². The Morgan fingerprint density at radius 1 is 1.64 bits per heavy atom. The fourth-order valence-electron chi connectivity index (χ4n) is 0.800. The minimum absolute atomic E-state index is 0.944. The van der Waals surface area contributed by atoms with Crippen LogP contribution in [0.5, 0.6) is 0 Å². The van der Waals surface area contributed by atoms with Gasteiger partial charge in [0.25, 0.3) is 0 Å². The van der Waals surface area contributed by atoms with Gasteiger partial charge in [0.05, 0.1) is 6.07 Å². The van der Waals surface area contributed by atoms with Crippen molar-refractivity contribution in [3.63, 3.8) is 0 Å². The highest BCUT2D eigenvalue weighted by molar-refractivity contribution is 5.53. The lowest BCUT2D eigenvalue weighted by Crippen LogP contribution is -1.82. The van der Waals surface area contributed by atoms with E-state index in [2.05, 4.69) is 4.98 Å². The molecule has 0 N–H and O–H groups in total. The molecule has 2 heteroatoms. The molecule has 54 valence electrons. The van der Waals surface area contributed by atoms with Gasteiger partial charge in [-0.3, -0.25) is 4.98 Å². The van der Waals surface area contributed by atoms with Crippen LogP contribution in [0, 0.1) is 18.3 Å². The highest BCUT2D eigenvalue weighted by Crippen LogP contribution is 2.04. The Bertz CT molecular complexity index is 308. The van der Waals surface area contributed by atoms with Crippen molar-refractivity contribution >= 4 is 6.08 Å². The van der Waals surface area contributed by atoms with Crippen molar-refractivity contribution in [1.82, 2.24) is 4.98 Å². The molecular weight excluding hydrogens is 136 g/mol. The minimum Gasteiger partial charge on any atom is -0.261 e. The number of nitriles is 1. The quantitative estimate of drug-likeness (QED) is 0.564. The maximum absolute atomic E-state index is 8.26. The predicted octanol–water partition coefficient (Wildman–Crippen LogP) is 1.93. The normalized spacial score (nSPS) is 9.82. The van der Waals surface area contributed by atoms with Crippen molar-refractivity contribution in [2.45, 2.75) is 6.92 Å². The van der Waals surface area contributed by atoms with Crippen LogP contribution in [0.2, 0.25) is 0 Å². The molecule has 1 heterocycles. The molecule has 0 bridgehead atoms. The van der Waals surface area contributed by atoms with Gasteiger partial charge in [-0.25, -0.2) is 0 Å². The van der Waals surface area contributed by atoms with Crippen LogP contribution in [0.25, 0.3) is 6.08 Å². The first kappa shape index (κ1) is 7.49. The molecular formula is C9H8N2. The molecule has 0 aliphatic heterocycles. The Balaban J connectivity index is 2.97. The van der Waals surface area contributed by atoms with E-state index in [0.29, 0.717) is 0 Å². The lowest BCUT2D eigenvalue weighted by atomic mass is 10.2. The van der Waals surface area contributed by atoms with E-state index in [4.69, 9.17) is 5.26 Å². The van der Waals surface area contributed by atoms with Gasteiger partial charge in [0.2, 0.25) is 0 Å². The summed E-state index contributed by atoms with van der Waals surface area (Å²) in [6.45, 7) is 1.91. The summed E-state index contributed by atoms with van der Waals surface area (Å²) in [4.78, 5) is 4.07. The van der Waals surface area contributed by atoms with E-state index in [9.17, 15) is 0 Å². The standard InChI is InChI=1S/C9H8N2/c1-8-9(4-2-6-10)5-3-7-11-8/h2-5,7H,1H3. The summed E-state index contributed by atoms with van der Waals surface area (Å²) >= 11 is 0. The van der Waals surface area contributed by atoms with Crippen LogP contribution < -0.4 is 0 Å². The zero-order valence-electron chi connectivity index (χ0n) is 6.28.